The maximum atomic E-state index is 14.4. The zero-order chi connectivity index (χ0) is 26.2. The lowest BCUT2D eigenvalue weighted by Gasteiger charge is -2.33. The molecule has 0 bridgehead atoms. The van der Waals surface area contributed by atoms with Crippen molar-refractivity contribution in [3.63, 3.8) is 0 Å². The van der Waals surface area contributed by atoms with Gasteiger partial charge < -0.3 is 15.2 Å². The zero-order valence-electron chi connectivity index (χ0n) is 19.9. The lowest BCUT2D eigenvalue weighted by atomic mass is 9.70. The van der Waals surface area contributed by atoms with Gasteiger partial charge in [-0.2, -0.15) is 9.78 Å². The maximum absolute atomic E-state index is 14.4. The number of aryl methyl sites for hydroxylation is 1. The van der Waals surface area contributed by atoms with Crippen LogP contribution in [-0.4, -0.2) is 41.5 Å². The molecule has 2 aliphatic heterocycles. The molecule has 2 aromatic carbocycles. The zero-order valence-corrected chi connectivity index (χ0v) is 20.6. The molecule has 0 radical (unpaired) electrons. The summed E-state index contributed by atoms with van der Waals surface area (Å²) < 4.78 is 15.1. The van der Waals surface area contributed by atoms with Crippen molar-refractivity contribution in [1.82, 2.24) is 29.7 Å². The molecule has 10 nitrogen and oxygen atoms in total. The Balaban J connectivity index is 1.46. The molecule has 188 valence electrons. The van der Waals surface area contributed by atoms with Gasteiger partial charge in [0, 0.05) is 22.7 Å². The van der Waals surface area contributed by atoms with Gasteiger partial charge in [0.25, 0.3) is 0 Å². The standard InChI is InChI=1S/C26H18ClFN8O2/c1-13-20-23(36(34-13)24-21-22(30-11-29-21)31-12-32-24)33-19(37)9-26(20)17-8-15(27)4-7-18(17)35(25(26)38)10-14-2-5-16(28)6-3-14/h2-8,11-12H,9-10H2,1H3,(H,33,37)(H,29,30,31,32)/t26-/m0/s1. The Bertz CT molecular complexity index is 1800. The van der Waals surface area contributed by atoms with E-state index >= 15 is 0 Å². The Kier molecular flexibility index (Phi) is 4.70. The summed E-state index contributed by atoms with van der Waals surface area (Å²) in [6.45, 7) is 1.99. The van der Waals surface area contributed by atoms with Crippen LogP contribution in [0.5, 0.6) is 0 Å². The Morgan fingerprint density at radius 2 is 1.92 bits per heavy atom. The van der Waals surface area contributed by atoms with Gasteiger partial charge in [-0.25, -0.2) is 19.3 Å². The fourth-order valence-electron chi connectivity index (χ4n) is 5.61. The average molecular weight is 529 g/mol. The molecule has 2 amide bonds. The van der Waals surface area contributed by atoms with E-state index in [0.29, 0.717) is 50.3 Å². The van der Waals surface area contributed by atoms with Crippen LogP contribution < -0.4 is 10.2 Å². The number of carbonyl (C=O) groups excluding carboxylic acids is 2. The van der Waals surface area contributed by atoms with E-state index in [4.69, 9.17) is 16.7 Å². The number of fused-ring (bicyclic) bond motifs is 5. The number of benzene rings is 2. The van der Waals surface area contributed by atoms with Gasteiger partial charge in [0.15, 0.2) is 11.5 Å². The Morgan fingerprint density at radius 3 is 2.74 bits per heavy atom. The third kappa shape index (κ3) is 3.05. The third-order valence-corrected chi connectivity index (χ3v) is 7.38. The van der Waals surface area contributed by atoms with Crippen LogP contribution in [0.2, 0.25) is 5.02 Å². The van der Waals surface area contributed by atoms with Crippen LogP contribution >= 0.6 is 11.6 Å². The number of halogens is 2. The molecule has 38 heavy (non-hydrogen) atoms. The highest BCUT2D eigenvalue weighted by atomic mass is 35.5. The minimum absolute atomic E-state index is 0.123. The van der Waals surface area contributed by atoms with E-state index in [0.717, 1.165) is 5.56 Å². The van der Waals surface area contributed by atoms with Crippen LogP contribution in [0.4, 0.5) is 15.9 Å². The van der Waals surface area contributed by atoms with Crippen LogP contribution in [0.15, 0.2) is 55.1 Å². The lowest BCUT2D eigenvalue weighted by molar-refractivity contribution is -0.126. The molecule has 1 atom stereocenters. The van der Waals surface area contributed by atoms with Crippen LogP contribution in [0, 0.1) is 12.7 Å². The number of imidazole rings is 1. The lowest BCUT2D eigenvalue weighted by Crippen LogP contribution is -2.46. The van der Waals surface area contributed by atoms with Gasteiger partial charge in [-0.3, -0.25) is 9.59 Å². The number of anilines is 2. The summed E-state index contributed by atoms with van der Waals surface area (Å²) in [5, 5.41) is 8.06. The van der Waals surface area contributed by atoms with Crippen molar-refractivity contribution in [3.05, 3.63) is 88.3 Å². The molecule has 0 saturated carbocycles. The Labute approximate surface area is 219 Å². The van der Waals surface area contributed by atoms with Crippen LogP contribution in [0.1, 0.15) is 28.8 Å². The number of nitrogens with one attached hydrogen (secondary N) is 2. The van der Waals surface area contributed by atoms with Gasteiger partial charge in [-0.15, -0.1) is 0 Å². The molecule has 3 aromatic heterocycles. The van der Waals surface area contributed by atoms with Gasteiger partial charge in [0.1, 0.15) is 28.9 Å². The highest BCUT2D eigenvalue weighted by Gasteiger charge is 2.58. The first-order valence-corrected chi connectivity index (χ1v) is 12.2. The van der Waals surface area contributed by atoms with Crippen LogP contribution in [0.3, 0.4) is 0 Å². The third-order valence-electron chi connectivity index (χ3n) is 7.15. The van der Waals surface area contributed by atoms with E-state index in [-0.39, 0.29) is 30.6 Å². The quantitative estimate of drug-likeness (QED) is 0.367. The van der Waals surface area contributed by atoms with E-state index in [1.807, 2.05) is 0 Å². The van der Waals surface area contributed by atoms with E-state index < -0.39 is 5.41 Å². The molecule has 0 unspecified atom stereocenters. The van der Waals surface area contributed by atoms with Crippen molar-refractivity contribution >= 4 is 46.1 Å². The van der Waals surface area contributed by atoms with E-state index in [9.17, 15) is 14.0 Å². The Morgan fingerprint density at radius 1 is 1.11 bits per heavy atom. The first-order valence-electron chi connectivity index (χ1n) is 11.8. The molecule has 12 heteroatoms. The molecule has 0 fully saturated rings. The molecule has 5 aromatic rings. The number of hydrogen-bond acceptors (Lipinski definition) is 6. The number of rotatable bonds is 3. The van der Waals surface area contributed by atoms with Crippen molar-refractivity contribution in [2.75, 3.05) is 10.2 Å². The predicted molar refractivity (Wildman–Crippen MR) is 137 cm³/mol. The van der Waals surface area contributed by atoms with Gasteiger partial charge in [-0.1, -0.05) is 23.7 Å². The van der Waals surface area contributed by atoms with Gasteiger partial charge in [0.05, 0.1) is 18.6 Å². The molecule has 2 aliphatic rings. The highest BCUT2D eigenvalue weighted by Crippen LogP contribution is 2.54. The molecular weight excluding hydrogens is 511 g/mol. The molecule has 2 N–H and O–H groups in total. The summed E-state index contributed by atoms with van der Waals surface area (Å²) in [4.78, 5) is 45.1. The molecule has 1 spiro atoms. The summed E-state index contributed by atoms with van der Waals surface area (Å²) >= 11 is 6.44. The average Bonchev–Trinajstić information content (AvgIpc) is 3.57. The molecule has 7 rings (SSSR count). The smallest absolute Gasteiger partial charge is 0.243 e. The largest absolute Gasteiger partial charge is 0.340 e. The fourth-order valence-corrected chi connectivity index (χ4v) is 5.78. The van der Waals surface area contributed by atoms with Crippen molar-refractivity contribution in [2.45, 2.75) is 25.3 Å². The number of carbonyl (C=O) groups is 2. The normalized spacial score (nSPS) is 18.2. The second kappa shape index (κ2) is 7.93. The van der Waals surface area contributed by atoms with Crippen molar-refractivity contribution in [3.8, 4) is 5.82 Å². The second-order valence-electron chi connectivity index (χ2n) is 9.33. The molecule has 0 aliphatic carbocycles. The summed E-state index contributed by atoms with van der Waals surface area (Å²) in [6.07, 6.45) is 2.74. The topological polar surface area (TPSA) is 122 Å². The number of H-pyrrole nitrogens is 1. The minimum atomic E-state index is -1.36. The minimum Gasteiger partial charge on any atom is -0.340 e. The highest BCUT2D eigenvalue weighted by molar-refractivity contribution is 6.31. The predicted octanol–water partition coefficient (Wildman–Crippen LogP) is 3.81. The number of nitrogens with zero attached hydrogens (tertiary/aromatic N) is 6. The number of aromatic amines is 1. The van der Waals surface area contributed by atoms with Crippen molar-refractivity contribution in [1.29, 1.82) is 0 Å². The summed E-state index contributed by atoms with van der Waals surface area (Å²) in [5.74, 6) is -0.271. The second-order valence-corrected chi connectivity index (χ2v) is 9.77. The first kappa shape index (κ1) is 22.5. The number of amides is 2. The van der Waals surface area contributed by atoms with E-state index in [1.54, 1.807) is 42.2 Å². The Hall–Kier alpha value is -4.64. The first-order chi connectivity index (χ1) is 18.4. The van der Waals surface area contributed by atoms with E-state index in [1.165, 1.54) is 29.5 Å². The van der Waals surface area contributed by atoms with Gasteiger partial charge in [-0.05, 0) is 48.4 Å². The van der Waals surface area contributed by atoms with Crippen LogP contribution in [-0.2, 0) is 21.5 Å². The fraction of sp³-hybridized carbons (Fsp3) is 0.154. The summed E-state index contributed by atoms with van der Waals surface area (Å²) in [6, 6.07) is 11.2. The molecular formula is C26H18ClFN8O2. The monoisotopic (exact) mass is 528 g/mol. The summed E-state index contributed by atoms with van der Waals surface area (Å²) in [5.41, 5.74) is 2.72. The van der Waals surface area contributed by atoms with Crippen molar-refractivity contribution < 1.29 is 14.0 Å². The van der Waals surface area contributed by atoms with Crippen molar-refractivity contribution in [2.24, 2.45) is 0 Å². The summed E-state index contributed by atoms with van der Waals surface area (Å²) in [7, 11) is 0. The van der Waals surface area contributed by atoms with E-state index in [2.05, 4.69) is 25.3 Å². The maximum Gasteiger partial charge on any atom is 0.243 e. The molecule has 5 heterocycles. The SMILES string of the molecule is Cc1nn(-c2ncnc3nc[nH]c23)c2c1[C@@]1(CC(=O)N2)C(=O)N(Cc2ccc(F)cc2)c2ccc(Cl)cc21. The van der Waals surface area contributed by atoms with Gasteiger partial charge in [0.2, 0.25) is 11.8 Å². The van der Waals surface area contributed by atoms with Gasteiger partial charge >= 0.3 is 0 Å². The number of aromatic nitrogens is 6. The van der Waals surface area contributed by atoms with Crippen LogP contribution in [0.25, 0.3) is 17.0 Å². The molecule has 0 saturated heterocycles. The number of hydrogen-bond donors (Lipinski definition) is 2.